The summed E-state index contributed by atoms with van der Waals surface area (Å²) in [5.74, 6) is -0.539. The Kier molecular flexibility index (Phi) is 37.5. The monoisotopic (exact) mass is 1360 g/mol. The lowest BCUT2D eigenvalue weighted by Gasteiger charge is -2.40. The molecule has 75 heavy (non-hydrogen) atoms. The molecule has 4 rings (SSSR count). The topological polar surface area (TPSA) is 128 Å². The van der Waals surface area contributed by atoms with Gasteiger partial charge in [0.15, 0.2) is 29.2 Å². The molecule has 2 fully saturated rings. The number of hydrogen-bond donors (Lipinski definition) is 1. The first-order valence-electron chi connectivity index (χ1n) is 24.5. The summed E-state index contributed by atoms with van der Waals surface area (Å²) < 4.78 is 47.7. The lowest BCUT2D eigenvalue weighted by molar-refractivity contribution is -0.144. The summed E-state index contributed by atoms with van der Waals surface area (Å²) in [6, 6.07) is 19.6. The zero-order chi connectivity index (χ0) is 57.8. The molecule has 0 aliphatic carbocycles. The van der Waals surface area contributed by atoms with Crippen LogP contribution < -0.4 is 0 Å². The maximum atomic E-state index is 12.0. The maximum Gasteiger partial charge on any atom is 0.308 e. The molecule has 11 nitrogen and oxygen atoms in total. The van der Waals surface area contributed by atoms with Crippen molar-refractivity contribution >= 4 is 152 Å². The van der Waals surface area contributed by atoms with Crippen LogP contribution in [0.3, 0.4) is 0 Å². The molecule has 2 aromatic carbocycles. The first kappa shape index (κ1) is 76.7. The summed E-state index contributed by atoms with van der Waals surface area (Å²) in [4.78, 5) is 24.0. The fourth-order valence-electron chi connectivity index (χ4n) is 6.95. The molecule has 19 atom stereocenters. The van der Waals surface area contributed by atoms with Crippen molar-refractivity contribution in [3.05, 3.63) is 84.4 Å². The first-order chi connectivity index (χ1) is 34.6. The number of aliphatic hydroxyl groups is 1. The van der Waals surface area contributed by atoms with Crippen molar-refractivity contribution in [3.8, 4) is 0 Å². The minimum Gasteiger partial charge on any atom is -0.469 e. The zero-order valence-corrected chi connectivity index (χ0v) is 64.8. The summed E-state index contributed by atoms with van der Waals surface area (Å²) >= 11 is 0. The number of esters is 2. The van der Waals surface area contributed by atoms with Gasteiger partial charge in [0.1, 0.15) is 12.2 Å². The molecule has 0 aromatic heterocycles. The Balaban J connectivity index is 0.000000589. The predicted molar refractivity (Wildman–Crippen MR) is 371 cm³/mol. The van der Waals surface area contributed by atoms with E-state index in [4.69, 9.17) is 37.3 Å². The Bertz CT molecular complexity index is 1950. The Hall–Kier alpha value is 3.72. The smallest absolute Gasteiger partial charge is 0.308 e. The van der Waals surface area contributed by atoms with Gasteiger partial charge in [-0.1, -0.05) is 116 Å². The van der Waals surface area contributed by atoms with E-state index in [0.29, 0.717) is 25.7 Å². The number of hydrogen-bond acceptors (Lipinski definition) is 11. The lowest BCUT2D eigenvalue weighted by Crippen LogP contribution is -2.45. The molecular formula is C47H95O11P15Si2. The van der Waals surface area contributed by atoms with Gasteiger partial charge in [-0.05, 0) is 111 Å². The summed E-state index contributed by atoms with van der Waals surface area (Å²) in [5.41, 5.74) is 0.674. The van der Waals surface area contributed by atoms with Crippen LogP contribution in [0.25, 0.3) is 0 Å². The largest absolute Gasteiger partial charge is 0.469 e. The van der Waals surface area contributed by atoms with Gasteiger partial charge in [-0.2, -0.15) is 0 Å². The molecule has 2 heterocycles. The summed E-state index contributed by atoms with van der Waals surface area (Å²) in [6.07, 6.45) is 2.67. The van der Waals surface area contributed by atoms with Crippen LogP contribution in [-0.4, -0.2) is 90.1 Å². The van der Waals surface area contributed by atoms with E-state index in [1.165, 1.54) is 14.2 Å². The van der Waals surface area contributed by atoms with Gasteiger partial charge in [0, 0.05) is 11.1 Å². The highest BCUT2D eigenvalue weighted by molar-refractivity contribution is 9.06. The van der Waals surface area contributed by atoms with Crippen LogP contribution in [0.4, 0.5) is 0 Å². The van der Waals surface area contributed by atoms with Crippen LogP contribution >= 0.6 is 123 Å². The van der Waals surface area contributed by atoms with E-state index >= 15 is 0 Å². The molecule has 1 N–H and O–H groups in total. The van der Waals surface area contributed by atoms with Gasteiger partial charge in [0.2, 0.25) is 0 Å². The summed E-state index contributed by atoms with van der Waals surface area (Å²) in [7, 11) is 25.5. The lowest BCUT2D eigenvalue weighted by atomic mass is 9.91. The van der Waals surface area contributed by atoms with E-state index in [1.54, 1.807) is 6.08 Å². The second kappa shape index (κ2) is 36.7. The van der Waals surface area contributed by atoms with E-state index in [-0.39, 0.29) is 94.7 Å². The van der Waals surface area contributed by atoms with Gasteiger partial charge in [-0.25, -0.2) is 0 Å². The minimum atomic E-state index is -2.07. The molecule has 432 valence electrons. The number of rotatable bonds is 22. The molecule has 2 saturated heterocycles. The molecule has 0 saturated carbocycles. The number of carbonyl (C=O) groups excluding carboxylic acids is 2. The van der Waals surface area contributed by atoms with Gasteiger partial charge >= 0.3 is 11.9 Å². The number of methoxy groups -OCH3 is 2. The summed E-state index contributed by atoms with van der Waals surface area (Å²) in [5, 5.41) is 9.99. The van der Waals surface area contributed by atoms with Crippen molar-refractivity contribution < 1.29 is 52.0 Å². The third-order valence-electron chi connectivity index (χ3n) is 13.7. The van der Waals surface area contributed by atoms with Gasteiger partial charge in [0.05, 0.1) is 57.1 Å². The Labute approximate surface area is 484 Å². The van der Waals surface area contributed by atoms with Crippen molar-refractivity contribution in [3.63, 3.8) is 0 Å². The van der Waals surface area contributed by atoms with E-state index < -0.39 is 46.5 Å². The van der Waals surface area contributed by atoms with Crippen molar-refractivity contribution in [2.45, 2.75) is 178 Å². The van der Waals surface area contributed by atoms with Gasteiger partial charge in [-0.15, -0.1) is 86.9 Å². The third kappa shape index (κ3) is 27.3. The van der Waals surface area contributed by atoms with Crippen LogP contribution in [-0.2, 0) is 46.9 Å². The predicted octanol–water partition coefficient (Wildman–Crippen LogP) is 18.2. The van der Waals surface area contributed by atoms with Crippen LogP contribution in [0.2, 0.25) is 36.3 Å². The first-order valence-corrected chi connectivity index (χ1v) is 55.7. The zero-order valence-electron chi connectivity index (χ0n) is 46.9. The third-order valence-corrected chi connectivity index (χ3v) is 91.1. The maximum absolute atomic E-state index is 12.0. The SMILES string of the molecule is C=C[C@@H]1O[C@H](c2ccccc2)O[C@]1(C)CC[C@H](CC(=O)OC)O[Si](C)(C)C(C)(C)C.COC(=O)C[C@@H](CC[C@@]1(C)O[C@@H](c2ccccc2)O[C@H]1CO)O[Si](C)(C)C(C)(C)C.PP(P)P(P)P(P)P.PPP(P)P(P)P. The molecule has 28 heteroatoms. The average molecular weight is 1360 g/mol. The number of carbonyl (C=O) groups is 2. The highest BCUT2D eigenvalue weighted by Gasteiger charge is 2.49. The minimum absolute atomic E-state index is 0.0320. The van der Waals surface area contributed by atoms with E-state index in [2.05, 4.69) is 155 Å². The molecule has 0 spiro atoms. The van der Waals surface area contributed by atoms with Gasteiger partial charge in [0.25, 0.3) is 0 Å². The van der Waals surface area contributed by atoms with E-state index in [9.17, 15) is 14.7 Å². The van der Waals surface area contributed by atoms with Crippen LogP contribution in [0, 0.1) is 0 Å². The van der Waals surface area contributed by atoms with Gasteiger partial charge in [-0.3, -0.25) is 9.59 Å². The fraction of sp³-hybridized carbons (Fsp3) is 0.660. The molecule has 2 aliphatic heterocycles. The normalized spacial score (nSPS) is 23.5. The Morgan fingerprint density at radius 1 is 0.693 bits per heavy atom. The van der Waals surface area contributed by atoms with Crippen molar-refractivity contribution in [1.82, 2.24) is 0 Å². The molecule has 0 bridgehead atoms. The molecule has 2 aliphatic rings. The second-order valence-corrected chi connectivity index (χ2v) is 81.3. The highest BCUT2D eigenvalue weighted by Crippen LogP contribution is 3.00. The summed E-state index contributed by atoms with van der Waals surface area (Å²) in [6.45, 7) is 30.6. The average Bonchev–Trinajstić information content (AvgIpc) is 3.87. The van der Waals surface area contributed by atoms with Crippen molar-refractivity contribution in [2.75, 3.05) is 20.8 Å². The molecular weight excluding hydrogens is 1260 g/mol. The number of aliphatic hydroxyl groups excluding tert-OH is 1. The Morgan fingerprint density at radius 2 is 1.07 bits per heavy atom. The van der Waals surface area contributed by atoms with Crippen molar-refractivity contribution in [2.24, 2.45) is 0 Å². The second-order valence-electron chi connectivity index (χ2n) is 21.5. The molecule has 0 radical (unpaired) electrons. The molecule has 2 aromatic rings. The number of benzene rings is 2. The highest BCUT2D eigenvalue weighted by atomic mass is 33.1. The van der Waals surface area contributed by atoms with Crippen LogP contribution in [0.1, 0.15) is 118 Å². The quantitative estimate of drug-likeness (QED) is 0.0524. The number of ether oxygens (including phenoxy) is 6. The van der Waals surface area contributed by atoms with E-state index in [0.717, 1.165) is 19.1 Å². The van der Waals surface area contributed by atoms with Crippen LogP contribution in [0.5, 0.6) is 0 Å². The van der Waals surface area contributed by atoms with Gasteiger partial charge < -0.3 is 42.4 Å². The van der Waals surface area contributed by atoms with E-state index in [1.807, 2.05) is 74.5 Å². The standard InChI is InChI=1S/C24H38O5Si.C23H38O6Si.H10P8.H9P7/c1-9-20-24(5,28-22(27-20)18-13-11-10-12-14-18)16-15-19(17-21(25)26-6)29-30(7,8)23(2,3)4;1-22(2,3)30(6,7)29-18(15-20(25)26-5)13-14-23(4)19(16-24)27-21(28-23)17-11-9-8-10-12-17;1-6(2)8(5)7(3)4;1-5-7(4)6(2)3/h9-14,19-20,22H,1,15-17H2,2-8H3;8-12,18-19,21,24H,13-16H2,1-7H3;1-5H2;5H,1-4H2/t19-,20+,22+,24-;18-,19+,21+,23-;;/m11../s1. The Morgan fingerprint density at radius 3 is 1.36 bits per heavy atom. The van der Waals surface area contributed by atoms with Crippen LogP contribution in [0.15, 0.2) is 73.3 Å². The molecule has 0 amide bonds. The molecule has 11 unspecified atom stereocenters. The van der Waals surface area contributed by atoms with Crippen molar-refractivity contribution in [1.29, 1.82) is 0 Å². The fourth-order valence-corrected chi connectivity index (χ4v) is 54.7.